The first-order chi connectivity index (χ1) is 8.72. The van der Waals surface area contributed by atoms with E-state index in [0.717, 1.165) is 12.2 Å². The Morgan fingerprint density at radius 2 is 1.89 bits per heavy atom. The van der Waals surface area contributed by atoms with Crippen LogP contribution in [0.25, 0.3) is 0 Å². The Bertz CT molecular complexity index is 357. The number of thioether (sulfide) groups is 1. The Kier molecular flexibility index (Phi) is 7.25. The van der Waals surface area contributed by atoms with Crippen LogP contribution in [0.4, 0.5) is 9.18 Å². The van der Waals surface area contributed by atoms with E-state index in [4.69, 9.17) is 0 Å². The molecule has 5 heteroatoms. The summed E-state index contributed by atoms with van der Waals surface area (Å²) in [5.74, 6) is 0.951. The molecule has 100 valence electrons. The lowest BCUT2D eigenvalue weighted by Crippen LogP contribution is -2.37. The van der Waals surface area contributed by atoms with Gasteiger partial charge in [0.25, 0.3) is 0 Å². The summed E-state index contributed by atoms with van der Waals surface area (Å²) in [6.45, 7) is 2.21. The Hall–Kier alpha value is -1.23. The predicted octanol–water partition coefficient (Wildman–Crippen LogP) is 2.75. The highest BCUT2D eigenvalue weighted by Crippen LogP contribution is 2.18. The fourth-order valence-corrected chi connectivity index (χ4v) is 2.17. The molecule has 0 aliphatic carbocycles. The van der Waals surface area contributed by atoms with Gasteiger partial charge in [-0.1, -0.05) is 17.7 Å². The number of carbonyl (C=O) groups excluding carboxylic acids is 1. The van der Waals surface area contributed by atoms with Crippen LogP contribution in [0.15, 0.2) is 29.2 Å². The van der Waals surface area contributed by atoms with Crippen molar-refractivity contribution >= 4 is 17.8 Å². The van der Waals surface area contributed by atoms with Gasteiger partial charge in [-0.25, -0.2) is 9.18 Å². The predicted molar refractivity (Wildman–Crippen MR) is 73.9 cm³/mol. The molecule has 3 nitrogen and oxygen atoms in total. The fourth-order valence-electron chi connectivity index (χ4n) is 1.32. The van der Waals surface area contributed by atoms with Gasteiger partial charge in [-0.05, 0) is 31.2 Å². The minimum atomic E-state index is -0.531. The molecular weight excluding hydrogens is 251 g/mol. The van der Waals surface area contributed by atoms with E-state index in [0.29, 0.717) is 6.54 Å². The zero-order valence-electron chi connectivity index (χ0n) is 10.5. The number of nitrogens with one attached hydrogen (secondary N) is 2. The van der Waals surface area contributed by atoms with Gasteiger partial charge < -0.3 is 10.6 Å². The number of carbonyl (C=O) groups is 1. The van der Waals surface area contributed by atoms with Gasteiger partial charge in [-0.2, -0.15) is 0 Å². The lowest BCUT2D eigenvalue weighted by atomic mass is 10.2. The van der Waals surface area contributed by atoms with Crippen molar-refractivity contribution in [2.45, 2.75) is 18.2 Å². The topological polar surface area (TPSA) is 41.1 Å². The molecule has 0 heterocycles. The van der Waals surface area contributed by atoms with E-state index < -0.39 is 6.67 Å². The quantitative estimate of drug-likeness (QED) is 0.591. The summed E-state index contributed by atoms with van der Waals surface area (Å²) in [4.78, 5) is 12.3. The number of rotatable bonds is 7. The number of hydrogen-bond donors (Lipinski definition) is 2. The van der Waals surface area contributed by atoms with Crippen molar-refractivity contribution < 1.29 is 9.18 Å². The number of aryl methyl sites for hydroxylation is 1. The molecule has 1 aromatic rings. The molecule has 2 amide bonds. The number of urea groups is 1. The van der Waals surface area contributed by atoms with Gasteiger partial charge in [-0.3, -0.25) is 0 Å². The molecular formula is C13H19FN2OS. The van der Waals surface area contributed by atoms with E-state index in [-0.39, 0.29) is 12.6 Å². The number of hydrogen-bond acceptors (Lipinski definition) is 2. The van der Waals surface area contributed by atoms with Crippen LogP contribution in [-0.4, -0.2) is 31.5 Å². The van der Waals surface area contributed by atoms with Crippen molar-refractivity contribution in [2.75, 3.05) is 25.5 Å². The summed E-state index contributed by atoms with van der Waals surface area (Å²) < 4.78 is 11.8. The number of amides is 2. The SMILES string of the molecule is Cc1ccc(SCCCNC(=O)NCCF)cc1. The maximum absolute atomic E-state index is 11.8. The summed E-state index contributed by atoms with van der Waals surface area (Å²) in [6.07, 6.45) is 0.890. The molecule has 0 saturated heterocycles. The maximum atomic E-state index is 11.8. The second-order valence-electron chi connectivity index (χ2n) is 3.89. The fraction of sp³-hybridized carbons (Fsp3) is 0.462. The third-order valence-corrected chi connectivity index (χ3v) is 3.37. The Morgan fingerprint density at radius 1 is 1.22 bits per heavy atom. The van der Waals surface area contributed by atoms with Crippen LogP contribution in [0.5, 0.6) is 0 Å². The molecule has 0 atom stereocenters. The molecule has 1 aromatic carbocycles. The molecule has 0 fully saturated rings. The standard InChI is InChI=1S/C13H19FN2OS/c1-11-3-5-12(6-4-11)18-10-2-8-15-13(17)16-9-7-14/h3-6H,2,7-10H2,1H3,(H2,15,16,17). The smallest absolute Gasteiger partial charge is 0.314 e. The van der Waals surface area contributed by atoms with Crippen LogP contribution in [0.2, 0.25) is 0 Å². The van der Waals surface area contributed by atoms with Crippen molar-refractivity contribution in [3.63, 3.8) is 0 Å². The lowest BCUT2D eigenvalue weighted by Gasteiger charge is -2.06. The number of halogens is 1. The lowest BCUT2D eigenvalue weighted by molar-refractivity contribution is 0.240. The van der Waals surface area contributed by atoms with Crippen molar-refractivity contribution in [3.8, 4) is 0 Å². The van der Waals surface area contributed by atoms with Crippen LogP contribution in [-0.2, 0) is 0 Å². The normalized spacial score (nSPS) is 10.1. The first-order valence-electron chi connectivity index (χ1n) is 5.99. The third-order valence-electron chi connectivity index (χ3n) is 2.28. The van der Waals surface area contributed by atoms with Crippen molar-refractivity contribution in [1.29, 1.82) is 0 Å². The van der Waals surface area contributed by atoms with E-state index in [1.165, 1.54) is 10.5 Å². The van der Waals surface area contributed by atoms with Gasteiger partial charge >= 0.3 is 6.03 Å². The van der Waals surface area contributed by atoms with Crippen LogP contribution < -0.4 is 10.6 Å². The van der Waals surface area contributed by atoms with Crippen molar-refractivity contribution in [2.24, 2.45) is 0 Å². The van der Waals surface area contributed by atoms with Gasteiger partial charge in [0, 0.05) is 18.0 Å². The average molecular weight is 270 g/mol. The van der Waals surface area contributed by atoms with E-state index in [1.54, 1.807) is 11.8 Å². The monoisotopic (exact) mass is 270 g/mol. The highest BCUT2D eigenvalue weighted by molar-refractivity contribution is 7.99. The molecule has 0 radical (unpaired) electrons. The highest BCUT2D eigenvalue weighted by atomic mass is 32.2. The van der Waals surface area contributed by atoms with Crippen molar-refractivity contribution in [1.82, 2.24) is 10.6 Å². The minimum absolute atomic E-state index is 0.0734. The van der Waals surface area contributed by atoms with Gasteiger partial charge in [0.15, 0.2) is 0 Å². The molecule has 0 saturated carbocycles. The van der Waals surface area contributed by atoms with E-state index in [2.05, 4.69) is 41.8 Å². The third kappa shape index (κ3) is 6.49. The number of alkyl halides is 1. The second kappa shape index (κ2) is 8.80. The molecule has 1 rings (SSSR count). The Labute approximate surface area is 112 Å². The molecule has 0 unspecified atom stereocenters. The minimum Gasteiger partial charge on any atom is -0.338 e. The first-order valence-corrected chi connectivity index (χ1v) is 6.98. The molecule has 18 heavy (non-hydrogen) atoms. The van der Waals surface area contributed by atoms with Crippen LogP contribution in [0, 0.1) is 6.92 Å². The Morgan fingerprint density at radius 3 is 2.56 bits per heavy atom. The summed E-state index contributed by atoms with van der Waals surface area (Å²) in [6, 6.07) is 8.08. The van der Waals surface area contributed by atoms with Crippen molar-refractivity contribution in [3.05, 3.63) is 29.8 Å². The molecule has 0 bridgehead atoms. The largest absolute Gasteiger partial charge is 0.338 e. The molecule has 0 aliphatic rings. The van der Waals surface area contributed by atoms with Crippen LogP contribution in [0.1, 0.15) is 12.0 Å². The highest BCUT2D eigenvalue weighted by Gasteiger charge is 1.98. The van der Waals surface area contributed by atoms with Gasteiger partial charge in [0.1, 0.15) is 6.67 Å². The molecule has 2 N–H and O–H groups in total. The molecule has 0 spiro atoms. The van der Waals surface area contributed by atoms with Crippen LogP contribution >= 0.6 is 11.8 Å². The summed E-state index contributed by atoms with van der Waals surface area (Å²) >= 11 is 1.77. The second-order valence-corrected chi connectivity index (χ2v) is 5.06. The summed E-state index contributed by atoms with van der Waals surface area (Å²) in [7, 11) is 0. The maximum Gasteiger partial charge on any atom is 0.314 e. The van der Waals surface area contributed by atoms with E-state index in [9.17, 15) is 9.18 Å². The van der Waals surface area contributed by atoms with E-state index in [1.807, 2.05) is 0 Å². The van der Waals surface area contributed by atoms with Crippen LogP contribution in [0.3, 0.4) is 0 Å². The molecule has 0 aliphatic heterocycles. The summed E-state index contributed by atoms with van der Waals surface area (Å²) in [5, 5.41) is 5.10. The summed E-state index contributed by atoms with van der Waals surface area (Å²) in [5.41, 5.74) is 1.26. The van der Waals surface area contributed by atoms with E-state index >= 15 is 0 Å². The zero-order chi connectivity index (χ0) is 13.2. The zero-order valence-corrected chi connectivity index (χ0v) is 11.4. The Balaban J connectivity index is 2.05. The van der Waals surface area contributed by atoms with Gasteiger partial charge in [-0.15, -0.1) is 11.8 Å². The molecule has 0 aromatic heterocycles. The average Bonchev–Trinajstić information content (AvgIpc) is 2.38. The first kappa shape index (κ1) is 14.8. The van der Waals surface area contributed by atoms with Gasteiger partial charge in [0.05, 0.1) is 0 Å². The van der Waals surface area contributed by atoms with Gasteiger partial charge in [0.2, 0.25) is 0 Å². The number of benzene rings is 1.